The first-order valence-corrected chi connectivity index (χ1v) is 15.9. The van der Waals surface area contributed by atoms with E-state index in [2.05, 4.69) is 34.9 Å². The largest absolute Gasteiger partial charge is 0.496 e. The van der Waals surface area contributed by atoms with Gasteiger partial charge in [0.15, 0.2) is 5.13 Å². The number of benzene rings is 5. The number of nitrogens with zero attached hydrogens (tertiary/aromatic N) is 1. The summed E-state index contributed by atoms with van der Waals surface area (Å²) in [5.41, 5.74) is 3.59. The first kappa shape index (κ1) is 29.9. The number of ether oxygens (including phenoxy) is 2. The number of methoxy groups -OCH3 is 2. The molecule has 2 N–H and O–H groups in total. The lowest BCUT2D eigenvalue weighted by Crippen LogP contribution is -2.19. The van der Waals surface area contributed by atoms with E-state index in [9.17, 15) is 9.59 Å². The van der Waals surface area contributed by atoms with Crippen LogP contribution in [-0.2, 0) is 4.79 Å². The molecule has 2 amide bonds. The van der Waals surface area contributed by atoms with Gasteiger partial charge in [-0.05, 0) is 58.8 Å². The highest BCUT2D eigenvalue weighted by Crippen LogP contribution is 2.38. The predicted octanol–water partition coefficient (Wildman–Crippen LogP) is 8.70. The Labute approximate surface area is 269 Å². The standard InChI is InChI=1S/C36H29N3O4S2/c1-42-30-13-8-14-31(43-2)32(30)34(40)37-27-17-19-28(20-18-27)45-33(24-10-4-3-5-11-24)35(41)39-36-38-29(22-44-36)26-16-15-23-9-6-7-12-25(23)21-26/h3-22,33H,1-2H3,(H,37,40)(H,38,39,41). The Balaban J connectivity index is 1.17. The number of carbonyl (C=O) groups is 2. The van der Waals surface area contributed by atoms with Crippen molar-refractivity contribution >= 4 is 56.5 Å². The third kappa shape index (κ3) is 6.85. The van der Waals surface area contributed by atoms with E-state index in [1.165, 1.54) is 42.7 Å². The third-order valence-electron chi connectivity index (χ3n) is 7.14. The van der Waals surface area contributed by atoms with Crippen LogP contribution in [0.5, 0.6) is 11.5 Å². The molecular weight excluding hydrogens is 603 g/mol. The summed E-state index contributed by atoms with van der Waals surface area (Å²) in [5, 5.41) is 10.2. The Morgan fingerprint density at radius 1 is 0.756 bits per heavy atom. The number of hydrogen-bond acceptors (Lipinski definition) is 7. The first-order valence-electron chi connectivity index (χ1n) is 14.1. The fourth-order valence-corrected chi connectivity index (χ4v) is 6.65. The van der Waals surface area contributed by atoms with Gasteiger partial charge in [0.25, 0.3) is 5.91 Å². The average Bonchev–Trinajstić information content (AvgIpc) is 3.55. The fourth-order valence-electron chi connectivity index (χ4n) is 4.91. The molecule has 6 rings (SSSR count). The van der Waals surface area contributed by atoms with Crippen LogP contribution < -0.4 is 20.1 Å². The van der Waals surface area contributed by atoms with Gasteiger partial charge in [-0.1, -0.05) is 72.8 Å². The molecule has 1 unspecified atom stereocenters. The van der Waals surface area contributed by atoms with E-state index in [1.807, 2.05) is 66.0 Å². The zero-order valence-electron chi connectivity index (χ0n) is 24.5. The van der Waals surface area contributed by atoms with Gasteiger partial charge in [-0.15, -0.1) is 23.1 Å². The van der Waals surface area contributed by atoms with Crippen LogP contribution in [0.4, 0.5) is 10.8 Å². The maximum atomic E-state index is 13.7. The van der Waals surface area contributed by atoms with Crippen molar-refractivity contribution in [1.82, 2.24) is 4.98 Å². The molecule has 0 saturated heterocycles. The molecule has 5 aromatic carbocycles. The lowest BCUT2D eigenvalue weighted by Gasteiger charge is -2.17. The van der Waals surface area contributed by atoms with Crippen LogP contribution in [0.3, 0.4) is 0 Å². The first-order chi connectivity index (χ1) is 22.0. The molecule has 0 aliphatic rings. The number of amides is 2. The second-order valence-corrected chi connectivity index (χ2v) is 12.1. The molecule has 7 nitrogen and oxygen atoms in total. The minimum Gasteiger partial charge on any atom is -0.496 e. The predicted molar refractivity (Wildman–Crippen MR) is 183 cm³/mol. The Kier molecular flexibility index (Phi) is 9.09. The molecule has 45 heavy (non-hydrogen) atoms. The van der Waals surface area contributed by atoms with Crippen LogP contribution in [-0.4, -0.2) is 31.0 Å². The van der Waals surface area contributed by atoms with E-state index >= 15 is 0 Å². The molecule has 0 saturated carbocycles. The number of carbonyl (C=O) groups excluding carboxylic acids is 2. The number of rotatable bonds is 10. The number of thioether (sulfide) groups is 1. The van der Waals surface area contributed by atoms with E-state index in [0.717, 1.165) is 27.1 Å². The number of hydrogen-bond donors (Lipinski definition) is 2. The van der Waals surface area contributed by atoms with Crippen molar-refractivity contribution in [2.45, 2.75) is 10.1 Å². The van der Waals surface area contributed by atoms with Crippen molar-refractivity contribution in [3.8, 4) is 22.8 Å². The van der Waals surface area contributed by atoms with Crippen molar-refractivity contribution in [3.63, 3.8) is 0 Å². The molecule has 0 aliphatic carbocycles. The fraction of sp³-hybridized carbons (Fsp3) is 0.0833. The molecule has 6 aromatic rings. The topological polar surface area (TPSA) is 89.5 Å². The summed E-state index contributed by atoms with van der Waals surface area (Å²) in [6, 6.07) is 36.6. The van der Waals surface area contributed by atoms with Crippen molar-refractivity contribution < 1.29 is 19.1 Å². The van der Waals surface area contributed by atoms with Gasteiger partial charge in [-0.2, -0.15) is 0 Å². The van der Waals surface area contributed by atoms with Gasteiger partial charge < -0.3 is 20.1 Å². The highest BCUT2D eigenvalue weighted by Gasteiger charge is 2.24. The molecule has 9 heteroatoms. The summed E-state index contributed by atoms with van der Waals surface area (Å²) in [6.45, 7) is 0. The van der Waals surface area contributed by atoms with Gasteiger partial charge in [-0.25, -0.2) is 4.98 Å². The molecule has 1 heterocycles. The smallest absolute Gasteiger partial charge is 0.263 e. The summed E-state index contributed by atoms with van der Waals surface area (Å²) in [6.07, 6.45) is 0. The summed E-state index contributed by atoms with van der Waals surface area (Å²) in [4.78, 5) is 32.4. The van der Waals surface area contributed by atoms with Crippen molar-refractivity contribution in [2.75, 3.05) is 24.9 Å². The summed E-state index contributed by atoms with van der Waals surface area (Å²) < 4.78 is 10.7. The third-order valence-corrected chi connectivity index (χ3v) is 9.17. The van der Waals surface area contributed by atoms with Crippen LogP contribution in [0.15, 0.2) is 126 Å². The molecule has 0 bridgehead atoms. The normalized spacial score (nSPS) is 11.5. The van der Waals surface area contributed by atoms with Crippen molar-refractivity contribution in [2.24, 2.45) is 0 Å². The lowest BCUT2D eigenvalue weighted by atomic mass is 10.1. The summed E-state index contributed by atoms with van der Waals surface area (Å²) in [5.74, 6) is 0.310. The van der Waals surface area contributed by atoms with E-state index in [4.69, 9.17) is 14.5 Å². The van der Waals surface area contributed by atoms with Gasteiger partial charge in [0.05, 0.1) is 19.9 Å². The van der Waals surface area contributed by atoms with E-state index < -0.39 is 5.25 Å². The Morgan fingerprint density at radius 2 is 1.44 bits per heavy atom. The molecule has 0 fully saturated rings. The maximum absolute atomic E-state index is 13.7. The Hall–Kier alpha value is -5.12. The lowest BCUT2D eigenvalue weighted by molar-refractivity contribution is -0.115. The van der Waals surface area contributed by atoms with Crippen molar-refractivity contribution in [3.05, 3.63) is 132 Å². The molecule has 0 spiro atoms. The highest BCUT2D eigenvalue weighted by molar-refractivity contribution is 8.00. The second kappa shape index (κ2) is 13.7. The van der Waals surface area contributed by atoms with Crippen LogP contribution in [0, 0.1) is 0 Å². The number of fused-ring (bicyclic) bond motifs is 1. The summed E-state index contributed by atoms with van der Waals surface area (Å²) in [7, 11) is 3.02. The highest BCUT2D eigenvalue weighted by atomic mass is 32.2. The zero-order chi connectivity index (χ0) is 31.2. The van der Waals surface area contributed by atoms with Crippen LogP contribution in [0.1, 0.15) is 21.2 Å². The van der Waals surface area contributed by atoms with E-state index in [1.54, 1.807) is 30.3 Å². The quantitative estimate of drug-likeness (QED) is 0.147. The van der Waals surface area contributed by atoms with E-state index in [0.29, 0.717) is 27.9 Å². The SMILES string of the molecule is COc1cccc(OC)c1C(=O)Nc1ccc(SC(C(=O)Nc2nc(-c3ccc4ccccc4c3)cs2)c2ccccc2)cc1. The average molecular weight is 632 g/mol. The van der Waals surface area contributed by atoms with Crippen LogP contribution >= 0.6 is 23.1 Å². The molecule has 0 radical (unpaired) electrons. The molecule has 0 aliphatic heterocycles. The number of anilines is 2. The maximum Gasteiger partial charge on any atom is 0.263 e. The molecule has 1 aromatic heterocycles. The Bertz CT molecular complexity index is 1940. The monoisotopic (exact) mass is 631 g/mol. The second-order valence-electron chi connectivity index (χ2n) is 10.0. The zero-order valence-corrected chi connectivity index (χ0v) is 26.2. The van der Waals surface area contributed by atoms with Crippen molar-refractivity contribution in [1.29, 1.82) is 0 Å². The number of nitrogens with one attached hydrogen (secondary N) is 2. The molecule has 1 atom stereocenters. The Morgan fingerprint density at radius 3 is 2.16 bits per heavy atom. The van der Waals surface area contributed by atoms with Gasteiger partial charge in [0, 0.05) is 21.5 Å². The van der Waals surface area contributed by atoms with Gasteiger partial charge in [0.1, 0.15) is 22.3 Å². The number of aromatic nitrogens is 1. The molecular formula is C36H29N3O4S2. The molecule has 224 valence electrons. The van der Waals surface area contributed by atoms with Crippen LogP contribution in [0.25, 0.3) is 22.0 Å². The van der Waals surface area contributed by atoms with E-state index in [-0.39, 0.29) is 11.8 Å². The van der Waals surface area contributed by atoms with Gasteiger partial charge in [0.2, 0.25) is 5.91 Å². The van der Waals surface area contributed by atoms with Gasteiger partial charge in [-0.3, -0.25) is 9.59 Å². The summed E-state index contributed by atoms with van der Waals surface area (Å²) >= 11 is 2.82. The minimum atomic E-state index is -0.530. The van der Waals surface area contributed by atoms with Gasteiger partial charge >= 0.3 is 0 Å². The number of thiazole rings is 1. The minimum absolute atomic E-state index is 0.175. The van der Waals surface area contributed by atoms with Crippen LogP contribution in [0.2, 0.25) is 0 Å².